The highest BCUT2D eigenvalue weighted by Gasteiger charge is 2.06. The van der Waals surface area contributed by atoms with Crippen LogP contribution in [0, 0.1) is 13.8 Å². The Balaban J connectivity index is 2.20. The molecule has 0 aliphatic rings. The second-order valence-electron chi connectivity index (χ2n) is 5.39. The van der Waals surface area contributed by atoms with Crippen LogP contribution in [0.25, 0.3) is 0 Å². The first kappa shape index (κ1) is 14.6. The van der Waals surface area contributed by atoms with Gasteiger partial charge in [-0.05, 0) is 61.6 Å². The number of hydrogen-bond acceptors (Lipinski definition) is 2. The van der Waals surface area contributed by atoms with Gasteiger partial charge in [-0.1, -0.05) is 31.2 Å². The summed E-state index contributed by atoms with van der Waals surface area (Å²) in [5, 5.41) is 0. The average Bonchev–Trinajstić information content (AvgIpc) is 2.42. The van der Waals surface area contributed by atoms with Gasteiger partial charge in [-0.25, -0.2) is 0 Å². The van der Waals surface area contributed by atoms with E-state index in [9.17, 15) is 0 Å². The summed E-state index contributed by atoms with van der Waals surface area (Å²) in [7, 11) is 0. The molecule has 20 heavy (non-hydrogen) atoms. The van der Waals surface area contributed by atoms with Crippen LogP contribution < -0.4 is 10.5 Å². The average molecular weight is 269 g/mol. The minimum atomic E-state index is 0.213. The van der Waals surface area contributed by atoms with Crippen molar-refractivity contribution in [2.45, 2.75) is 39.7 Å². The molecular formula is C18H23NO. The number of benzene rings is 2. The molecule has 0 spiro atoms. The Morgan fingerprint density at radius 2 is 1.90 bits per heavy atom. The second-order valence-corrected chi connectivity index (χ2v) is 5.39. The third-order valence-corrected chi connectivity index (χ3v) is 3.49. The molecule has 1 unspecified atom stereocenters. The first-order valence-electron chi connectivity index (χ1n) is 7.18. The quantitative estimate of drug-likeness (QED) is 0.874. The molecule has 2 heteroatoms. The third-order valence-electron chi connectivity index (χ3n) is 3.49. The highest BCUT2D eigenvalue weighted by atomic mass is 16.5. The topological polar surface area (TPSA) is 35.2 Å². The molecule has 0 bridgehead atoms. The van der Waals surface area contributed by atoms with Crippen molar-refractivity contribution >= 4 is 0 Å². The maximum atomic E-state index is 6.02. The number of rotatable bonds is 5. The maximum Gasteiger partial charge on any atom is 0.130 e. The van der Waals surface area contributed by atoms with Gasteiger partial charge in [0.15, 0.2) is 0 Å². The number of aryl methyl sites for hydroxylation is 2. The van der Waals surface area contributed by atoms with Crippen LogP contribution in [-0.4, -0.2) is 6.04 Å². The van der Waals surface area contributed by atoms with Gasteiger partial charge in [0, 0.05) is 6.04 Å². The summed E-state index contributed by atoms with van der Waals surface area (Å²) in [6.45, 7) is 6.24. The van der Waals surface area contributed by atoms with Crippen LogP contribution in [0.3, 0.4) is 0 Å². The minimum Gasteiger partial charge on any atom is -0.457 e. The Kier molecular flexibility index (Phi) is 4.80. The highest BCUT2D eigenvalue weighted by Crippen LogP contribution is 2.27. The monoisotopic (exact) mass is 269 g/mol. The summed E-state index contributed by atoms with van der Waals surface area (Å²) < 4.78 is 6.01. The van der Waals surface area contributed by atoms with Gasteiger partial charge in [0.25, 0.3) is 0 Å². The van der Waals surface area contributed by atoms with Crippen LogP contribution in [-0.2, 0) is 6.42 Å². The Morgan fingerprint density at radius 1 is 1.10 bits per heavy atom. The fourth-order valence-corrected chi connectivity index (χ4v) is 2.13. The van der Waals surface area contributed by atoms with Crippen LogP contribution in [0.2, 0.25) is 0 Å². The van der Waals surface area contributed by atoms with Crippen molar-refractivity contribution in [2.75, 3.05) is 0 Å². The summed E-state index contributed by atoms with van der Waals surface area (Å²) >= 11 is 0. The van der Waals surface area contributed by atoms with Crippen molar-refractivity contribution in [2.24, 2.45) is 5.73 Å². The van der Waals surface area contributed by atoms with Gasteiger partial charge in [0.2, 0.25) is 0 Å². The Bertz CT molecular complexity index is 577. The normalized spacial score (nSPS) is 12.2. The first-order valence-corrected chi connectivity index (χ1v) is 7.18. The van der Waals surface area contributed by atoms with Crippen LogP contribution in [0.4, 0.5) is 0 Å². The predicted molar refractivity (Wildman–Crippen MR) is 84.4 cm³/mol. The Labute approximate surface area is 121 Å². The minimum absolute atomic E-state index is 0.213. The highest BCUT2D eigenvalue weighted by molar-refractivity contribution is 5.41. The smallest absolute Gasteiger partial charge is 0.130 e. The van der Waals surface area contributed by atoms with E-state index in [0.717, 1.165) is 29.9 Å². The molecule has 2 rings (SSSR count). The van der Waals surface area contributed by atoms with E-state index in [1.165, 1.54) is 11.1 Å². The molecule has 2 N–H and O–H groups in total. The molecule has 0 aromatic heterocycles. The molecule has 2 aromatic rings. The largest absolute Gasteiger partial charge is 0.457 e. The fourth-order valence-electron chi connectivity index (χ4n) is 2.13. The van der Waals surface area contributed by atoms with E-state index in [1.54, 1.807) is 0 Å². The first-order chi connectivity index (χ1) is 9.58. The summed E-state index contributed by atoms with van der Waals surface area (Å²) in [5.41, 5.74) is 9.59. The lowest BCUT2D eigenvalue weighted by atomic mass is 10.0. The molecule has 0 amide bonds. The number of ether oxygens (including phenoxy) is 1. The second kappa shape index (κ2) is 6.58. The van der Waals surface area contributed by atoms with E-state index >= 15 is 0 Å². The van der Waals surface area contributed by atoms with Crippen molar-refractivity contribution in [3.63, 3.8) is 0 Å². The lowest BCUT2D eigenvalue weighted by molar-refractivity contribution is 0.477. The molecular weight excluding hydrogens is 246 g/mol. The van der Waals surface area contributed by atoms with Crippen molar-refractivity contribution in [3.05, 3.63) is 59.2 Å². The summed E-state index contributed by atoms with van der Waals surface area (Å²) in [6, 6.07) is 14.7. The molecule has 0 aliphatic heterocycles. The van der Waals surface area contributed by atoms with Gasteiger partial charge in [-0.2, -0.15) is 0 Å². The summed E-state index contributed by atoms with van der Waals surface area (Å²) in [4.78, 5) is 0. The molecule has 0 saturated carbocycles. The lowest BCUT2D eigenvalue weighted by Crippen LogP contribution is -2.21. The molecule has 2 nitrogen and oxygen atoms in total. The zero-order valence-corrected chi connectivity index (χ0v) is 12.5. The molecule has 0 saturated heterocycles. The van der Waals surface area contributed by atoms with Gasteiger partial charge < -0.3 is 10.5 Å². The van der Waals surface area contributed by atoms with Crippen LogP contribution in [0.5, 0.6) is 11.5 Å². The Hall–Kier alpha value is -1.80. The SMILES string of the molecule is CCC(N)Cc1ccc(C)c(Oc2cccc(C)c2)c1. The maximum absolute atomic E-state index is 6.02. The summed E-state index contributed by atoms with van der Waals surface area (Å²) in [6.07, 6.45) is 1.88. The van der Waals surface area contributed by atoms with Crippen LogP contribution in [0.1, 0.15) is 30.0 Å². The fraction of sp³-hybridized carbons (Fsp3) is 0.333. The van der Waals surface area contributed by atoms with Gasteiger partial charge in [0.05, 0.1) is 0 Å². The van der Waals surface area contributed by atoms with E-state index in [0.29, 0.717) is 0 Å². The van der Waals surface area contributed by atoms with Crippen molar-refractivity contribution < 1.29 is 4.74 Å². The lowest BCUT2D eigenvalue weighted by Gasteiger charge is -2.13. The van der Waals surface area contributed by atoms with E-state index in [2.05, 4.69) is 45.0 Å². The molecule has 0 heterocycles. The molecule has 0 radical (unpaired) electrons. The van der Waals surface area contributed by atoms with Crippen molar-refractivity contribution in [3.8, 4) is 11.5 Å². The van der Waals surface area contributed by atoms with Crippen molar-refractivity contribution in [1.29, 1.82) is 0 Å². The Morgan fingerprint density at radius 3 is 2.60 bits per heavy atom. The van der Waals surface area contributed by atoms with E-state index in [1.807, 2.05) is 18.2 Å². The molecule has 1 atom stereocenters. The van der Waals surface area contributed by atoms with Crippen LogP contribution >= 0.6 is 0 Å². The molecule has 0 fully saturated rings. The predicted octanol–water partition coefficient (Wildman–Crippen LogP) is 4.38. The van der Waals surface area contributed by atoms with Crippen molar-refractivity contribution in [1.82, 2.24) is 0 Å². The summed E-state index contributed by atoms with van der Waals surface area (Å²) in [5.74, 6) is 1.79. The van der Waals surface area contributed by atoms with Gasteiger partial charge in [-0.3, -0.25) is 0 Å². The molecule has 2 aromatic carbocycles. The number of nitrogens with two attached hydrogens (primary N) is 1. The van der Waals surface area contributed by atoms with E-state index in [-0.39, 0.29) is 6.04 Å². The zero-order chi connectivity index (χ0) is 14.5. The zero-order valence-electron chi connectivity index (χ0n) is 12.5. The van der Waals surface area contributed by atoms with Gasteiger partial charge in [-0.15, -0.1) is 0 Å². The van der Waals surface area contributed by atoms with Gasteiger partial charge >= 0.3 is 0 Å². The number of hydrogen-bond donors (Lipinski definition) is 1. The van der Waals surface area contributed by atoms with Gasteiger partial charge in [0.1, 0.15) is 11.5 Å². The van der Waals surface area contributed by atoms with Crippen LogP contribution in [0.15, 0.2) is 42.5 Å². The van der Waals surface area contributed by atoms with E-state index < -0.39 is 0 Å². The molecule has 106 valence electrons. The third kappa shape index (κ3) is 3.84. The molecule has 0 aliphatic carbocycles. The van der Waals surface area contributed by atoms with E-state index in [4.69, 9.17) is 10.5 Å². The standard InChI is InChI=1S/C18H23NO/c1-4-16(19)11-15-9-8-14(3)18(12-15)20-17-7-5-6-13(2)10-17/h5-10,12,16H,4,11,19H2,1-3H3.